The van der Waals surface area contributed by atoms with Crippen LogP contribution in [-0.2, 0) is 11.6 Å². The van der Waals surface area contributed by atoms with Gasteiger partial charge >= 0.3 is 12.1 Å². The number of hydrogen-bond acceptors (Lipinski definition) is 4. The number of aromatic nitrogens is 1. The van der Waals surface area contributed by atoms with Crippen molar-refractivity contribution in [2.24, 2.45) is 17.8 Å². The molecule has 4 saturated carbocycles. The lowest BCUT2D eigenvalue weighted by atomic mass is 9.48. The topological polar surface area (TPSA) is 74.2 Å². The molecule has 7 rings (SSSR count). The van der Waals surface area contributed by atoms with Crippen LogP contribution in [0.5, 0.6) is 0 Å². The Hall–Kier alpha value is -3.55. The number of benzene rings is 2. The molecule has 2 aromatic carbocycles. The van der Waals surface area contributed by atoms with Crippen molar-refractivity contribution in [3.05, 3.63) is 77.0 Å². The molecule has 4 bridgehead atoms. The number of aromatic carboxylic acids is 1. The lowest BCUT2D eigenvalue weighted by Crippen LogP contribution is -2.48. The maximum absolute atomic E-state index is 13.7. The number of halogens is 3. The van der Waals surface area contributed by atoms with Crippen LogP contribution in [0.2, 0.25) is 0 Å². The van der Waals surface area contributed by atoms with Gasteiger partial charge in [-0.2, -0.15) is 13.2 Å². The number of rotatable bonds is 6. The molecule has 0 spiro atoms. The predicted molar refractivity (Wildman–Crippen MR) is 140 cm³/mol. The smallest absolute Gasteiger partial charge is 0.416 e. The molecule has 0 radical (unpaired) electrons. The Morgan fingerprint density at radius 3 is 2.03 bits per heavy atom. The molecule has 1 aromatic heterocycles. The van der Waals surface area contributed by atoms with Crippen LogP contribution >= 0.6 is 0 Å². The van der Waals surface area contributed by atoms with Crippen molar-refractivity contribution >= 4 is 28.8 Å². The Bertz CT molecular complexity index is 1350. The third-order valence-corrected chi connectivity index (χ3v) is 8.60. The van der Waals surface area contributed by atoms with Crippen molar-refractivity contribution in [1.82, 2.24) is 4.98 Å². The van der Waals surface area contributed by atoms with Gasteiger partial charge in [0.1, 0.15) is 11.4 Å². The first kappa shape index (κ1) is 24.8. The molecular formula is C30H30F3N3O2. The lowest BCUT2D eigenvalue weighted by molar-refractivity contribution is -0.137. The average Bonchev–Trinajstić information content (AvgIpc) is 2.84. The monoisotopic (exact) mass is 521 g/mol. The van der Waals surface area contributed by atoms with Crippen LogP contribution in [0.25, 0.3) is 0 Å². The molecule has 0 atom stereocenters. The highest BCUT2D eigenvalue weighted by molar-refractivity contribution is 5.94. The van der Waals surface area contributed by atoms with Gasteiger partial charge in [0.25, 0.3) is 0 Å². The molecular weight excluding hydrogens is 491 g/mol. The number of anilines is 4. The highest BCUT2D eigenvalue weighted by Crippen LogP contribution is 2.60. The number of hydrogen-bond donors (Lipinski definition) is 3. The van der Waals surface area contributed by atoms with Crippen molar-refractivity contribution in [3.63, 3.8) is 0 Å². The standard InChI is InChI=1S/C30H30F3N3O2/c1-17-6-26(28(37)38)27(34-16-17)36-25-11-22(30(31,32)33)10-24(12-25)35-23-4-2-21(3-5-23)29-13-18-7-19(14-29)9-20(8-18)15-29/h2-6,10-12,16,18-20,35H,7-9,13-15H2,1H3,(H,34,36)(H,37,38). The summed E-state index contributed by atoms with van der Waals surface area (Å²) in [6, 6.07) is 13.1. The maximum atomic E-state index is 13.7. The summed E-state index contributed by atoms with van der Waals surface area (Å²) in [6.45, 7) is 1.70. The van der Waals surface area contributed by atoms with Gasteiger partial charge in [0, 0.05) is 23.3 Å². The number of carboxylic acid groups (broad SMARTS) is 1. The molecule has 38 heavy (non-hydrogen) atoms. The number of nitrogens with one attached hydrogen (secondary N) is 2. The summed E-state index contributed by atoms with van der Waals surface area (Å²) >= 11 is 0. The summed E-state index contributed by atoms with van der Waals surface area (Å²) < 4.78 is 41.2. The molecule has 0 amide bonds. The van der Waals surface area contributed by atoms with Gasteiger partial charge in [-0.3, -0.25) is 0 Å². The van der Waals surface area contributed by atoms with Crippen LogP contribution in [0.3, 0.4) is 0 Å². The van der Waals surface area contributed by atoms with Crippen LogP contribution in [0, 0.1) is 24.7 Å². The van der Waals surface area contributed by atoms with Crippen LogP contribution in [-0.4, -0.2) is 16.1 Å². The highest BCUT2D eigenvalue weighted by Gasteiger charge is 2.51. The molecule has 0 saturated heterocycles. The molecule has 8 heteroatoms. The van der Waals surface area contributed by atoms with E-state index in [1.165, 1.54) is 62.4 Å². The number of nitrogens with zero attached hydrogens (tertiary/aromatic N) is 1. The Balaban J connectivity index is 1.27. The first-order valence-electron chi connectivity index (χ1n) is 13.1. The molecule has 0 unspecified atom stereocenters. The molecule has 4 aliphatic carbocycles. The van der Waals surface area contributed by atoms with E-state index in [0.29, 0.717) is 11.3 Å². The van der Waals surface area contributed by atoms with Crippen LogP contribution in [0.4, 0.5) is 36.1 Å². The molecule has 3 aromatic rings. The Morgan fingerprint density at radius 2 is 1.47 bits per heavy atom. The third-order valence-electron chi connectivity index (χ3n) is 8.60. The van der Waals surface area contributed by atoms with Crippen molar-refractivity contribution in [3.8, 4) is 0 Å². The van der Waals surface area contributed by atoms with E-state index in [1.807, 2.05) is 12.1 Å². The third kappa shape index (κ3) is 4.72. The molecule has 4 fully saturated rings. The van der Waals surface area contributed by atoms with E-state index in [-0.39, 0.29) is 28.2 Å². The molecule has 1 heterocycles. The second-order valence-electron chi connectivity index (χ2n) is 11.5. The fraction of sp³-hybridized carbons (Fsp3) is 0.400. The van der Waals surface area contributed by atoms with E-state index in [0.717, 1.165) is 29.9 Å². The van der Waals surface area contributed by atoms with Gasteiger partial charge in [-0.15, -0.1) is 0 Å². The summed E-state index contributed by atoms with van der Waals surface area (Å²) in [4.78, 5) is 15.7. The molecule has 4 aliphatic rings. The zero-order valence-electron chi connectivity index (χ0n) is 21.1. The largest absolute Gasteiger partial charge is 0.478 e. The number of alkyl halides is 3. The Morgan fingerprint density at radius 1 is 0.895 bits per heavy atom. The quantitative estimate of drug-likeness (QED) is 0.306. The van der Waals surface area contributed by atoms with Gasteiger partial charge in [-0.05, 0) is 116 Å². The average molecular weight is 522 g/mol. The second-order valence-corrected chi connectivity index (χ2v) is 11.5. The Labute approximate surface area is 219 Å². The summed E-state index contributed by atoms with van der Waals surface area (Å²) in [5, 5.41) is 15.4. The van der Waals surface area contributed by atoms with E-state index >= 15 is 0 Å². The molecule has 0 aliphatic heterocycles. The van der Waals surface area contributed by atoms with Gasteiger partial charge in [-0.25, -0.2) is 9.78 Å². The summed E-state index contributed by atoms with van der Waals surface area (Å²) in [7, 11) is 0. The number of carboxylic acids is 1. The molecule has 198 valence electrons. The van der Waals surface area contributed by atoms with E-state index in [4.69, 9.17) is 0 Å². The van der Waals surface area contributed by atoms with Gasteiger partial charge in [0.15, 0.2) is 0 Å². The van der Waals surface area contributed by atoms with Crippen LogP contribution in [0.15, 0.2) is 54.7 Å². The number of aryl methyl sites for hydroxylation is 1. The van der Waals surface area contributed by atoms with E-state index in [1.54, 1.807) is 6.92 Å². The van der Waals surface area contributed by atoms with E-state index in [2.05, 4.69) is 27.8 Å². The first-order chi connectivity index (χ1) is 18.1. The van der Waals surface area contributed by atoms with Crippen molar-refractivity contribution < 1.29 is 23.1 Å². The van der Waals surface area contributed by atoms with Crippen LogP contribution in [0.1, 0.15) is 65.6 Å². The van der Waals surface area contributed by atoms with E-state index in [9.17, 15) is 23.1 Å². The zero-order chi connectivity index (χ0) is 26.7. The fourth-order valence-corrected chi connectivity index (χ4v) is 7.44. The molecule has 5 nitrogen and oxygen atoms in total. The van der Waals surface area contributed by atoms with Crippen LogP contribution < -0.4 is 10.6 Å². The predicted octanol–water partition coefficient (Wildman–Crippen LogP) is 8.06. The van der Waals surface area contributed by atoms with Crippen molar-refractivity contribution in [2.45, 2.75) is 57.0 Å². The minimum Gasteiger partial charge on any atom is -0.478 e. The summed E-state index contributed by atoms with van der Waals surface area (Å²) in [5.74, 6) is 1.26. The van der Waals surface area contributed by atoms with Crippen molar-refractivity contribution in [2.75, 3.05) is 10.6 Å². The zero-order valence-corrected chi connectivity index (χ0v) is 21.1. The lowest BCUT2D eigenvalue weighted by Gasteiger charge is -2.57. The Kier molecular flexibility index (Phi) is 5.89. The van der Waals surface area contributed by atoms with E-state index < -0.39 is 17.7 Å². The number of carbonyl (C=O) groups is 1. The van der Waals surface area contributed by atoms with Crippen molar-refractivity contribution in [1.29, 1.82) is 0 Å². The fourth-order valence-electron chi connectivity index (χ4n) is 7.44. The SMILES string of the molecule is Cc1cnc(Nc2cc(Nc3ccc(C45CC6CC(CC(C6)C4)C5)cc3)cc(C(F)(F)F)c2)c(C(=O)O)c1. The maximum Gasteiger partial charge on any atom is 0.416 e. The van der Waals surface area contributed by atoms with Gasteiger partial charge < -0.3 is 15.7 Å². The second kappa shape index (κ2) is 9.03. The van der Waals surface area contributed by atoms with Gasteiger partial charge in [0.05, 0.1) is 5.56 Å². The first-order valence-corrected chi connectivity index (χ1v) is 13.1. The highest BCUT2D eigenvalue weighted by atomic mass is 19.4. The minimum absolute atomic E-state index is 0.0201. The van der Waals surface area contributed by atoms with Gasteiger partial charge in [0.2, 0.25) is 0 Å². The summed E-state index contributed by atoms with van der Waals surface area (Å²) in [6.07, 6.45) is 4.75. The number of pyridine rings is 1. The minimum atomic E-state index is -4.58. The summed E-state index contributed by atoms with van der Waals surface area (Å²) in [5.41, 5.74) is 2.31. The molecule has 3 N–H and O–H groups in total. The normalized spacial score (nSPS) is 25.8. The van der Waals surface area contributed by atoms with Gasteiger partial charge in [-0.1, -0.05) is 12.1 Å².